The number of nitrogens with zero attached hydrogens (tertiary/aromatic N) is 5. The number of carbonyl (C=O) groups excluding carboxylic acids is 1. The van der Waals surface area contributed by atoms with Crippen molar-refractivity contribution in [3.05, 3.63) is 71.8 Å². The molecule has 1 atom stereocenters. The number of fused-ring (bicyclic) bond motifs is 8. The number of nitrogens with two attached hydrogens (primary N) is 1. The molecule has 0 fully saturated rings. The zero-order chi connectivity index (χ0) is 20.5. The van der Waals surface area contributed by atoms with E-state index in [4.69, 9.17) is 10.8 Å². The summed E-state index contributed by atoms with van der Waals surface area (Å²) in [5.74, 6) is 7.75. The van der Waals surface area contributed by atoms with Gasteiger partial charge in [0.1, 0.15) is 29.2 Å². The number of nitrogen functional groups attached to an aromatic ring is 1. The van der Waals surface area contributed by atoms with Gasteiger partial charge in [-0.05, 0) is 30.7 Å². The number of para-hydroxylation sites is 3. The molecule has 1 spiro atoms. The molecule has 8 nitrogen and oxygen atoms in total. The lowest BCUT2D eigenvalue weighted by atomic mass is 9.71. The molecule has 0 saturated carbocycles. The van der Waals surface area contributed by atoms with Gasteiger partial charge in [-0.3, -0.25) is 9.36 Å². The number of likely N-dealkylation sites (N-methyl/N-ethyl adjacent to an activating group) is 1. The maximum Gasteiger partial charge on any atom is 0.242 e. The van der Waals surface area contributed by atoms with Crippen LogP contribution in [0.25, 0.3) is 16.9 Å². The first-order valence-corrected chi connectivity index (χ1v) is 9.91. The van der Waals surface area contributed by atoms with E-state index in [-0.39, 0.29) is 5.91 Å². The first-order valence-electron chi connectivity index (χ1n) is 9.91. The number of aromatic nitrogens is 4. The molecule has 3 N–H and O–H groups in total. The Bertz CT molecular complexity index is 1340. The third-order valence-corrected chi connectivity index (χ3v) is 6.24. The Morgan fingerprint density at radius 2 is 1.93 bits per heavy atom. The number of hydrazine groups is 1. The van der Waals surface area contributed by atoms with Crippen LogP contribution in [0.4, 0.5) is 11.5 Å². The normalized spacial score (nSPS) is 19.1. The van der Waals surface area contributed by atoms with Crippen LogP contribution in [0.3, 0.4) is 0 Å². The fraction of sp³-hybridized carbons (Fsp3) is 0.182. The van der Waals surface area contributed by atoms with E-state index < -0.39 is 5.41 Å². The summed E-state index contributed by atoms with van der Waals surface area (Å²) in [5.41, 5.74) is 6.06. The van der Waals surface area contributed by atoms with Gasteiger partial charge in [0, 0.05) is 18.7 Å². The zero-order valence-corrected chi connectivity index (χ0v) is 16.3. The fourth-order valence-corrected chi connectivity index (χ4v) is 5.06. The van der Waals surface area contributed by atoms with Crippen molar-refractivity contribution in [1.82, 2.24) is 19.5 Å². The lowest BCUT2D eigenvalue weighted by Crippen LogP contribution is -2.47. The van der Waals surface area contributed by atoms with E-state index in [0.717, 1.165) is 28.1 Å². The molecule has 1 unspecified atom stereocenters. The minimum Gasteiger partial charge on any atom is -0.311 e. The Hall–Kier alpha value is -3.78. The molecular weight excluding hydrogens is 378 g/mol. The van der Waals surface area contributed by atoms with Crippen LogP contribution in [-0.2, 0) is 16.6 Å². The van der Waals surface area contributed by atoms with Gasteiger partial charge in [-0.15, -0.1) is 0 Å². The van der Waals surface area contributed by atoms with Crippen molar-refractivity contribution in [1.29, 1.82) is 0 Å². The third kappa shape index (κ3) is 1.89. The van der Waals surface area contributed by atoms with Gasteiger partial charge in [0.05, 0.1) is 16.6 Å². The average molecular weight is 397 g/mol. The largest absolute Gasteiger partial charge is 0.311 e. The van der Waals surface area contributed by atoms with E-state index >= 15 is 0 Å². The topological polar surface area (TPSA) is 102 Å². The van der Waals surface area contributed by atoms with Crippen LogP contribution in [0.5, 0.6) is 0 Å². The molecule has 4 heterocycles. The van der Waals surface area contributed by atoms with Crippen LogP contribution in [0.2, 0.25) is 0 Å². The summed E-state index contributed by atoms with van der Waals surface area (Å²) in [6.45, 7) is 2.55. The van der Waals surface area contributed by atoms with E-state index in [9.17, 15) is 4.79 Å². The summed E-state index contributed by atoms with van der Waals surface area (Å²) in [5, 5.41) is 0. The van der Waals surface area contributed by atoms with Crippen molar-refractivity contribution in [3.8, 4) is 5.82 Å². The Morgan fingerprint density at radius 1 is 1.13 bits per heavy atom. The van der Waals surface area contributed by atoms with Gasteiger partial charge in [-0.25, -0.2) is 20.8 Å². The molecule has 0 aliphatic carbocycles. The van der Waals surface area contributed by atoms with Crippen LogP contribution >= 0.6 is 0 Å². The lowest BCUT2D eigenvalue weighted by Gasteiger charge is -2.35. The van der Waals surface area contributed by atoms with Gasteiger partial charge >= 0.3 is 0 Å². The van der Waals surface area contributed by atoms with Crippen LogP contribution in [0, 0.1) is 0 Å². The average Bonchev–Trinajstić information content (AvgIpc) is 3.27. The molecule has 2 aromatic carbocycles. The predicted molar refractivity (Wildman–Crippen MR) is 113 cm³/mol. The predicted octanol–water partition coefficient (Wildman–Crippen LogP) is 2.31. The number of anilines is 2. The number of hydrogen-bond acceptors (Lipinski definition) is 6. The van der Waals surface area contributed by atoms with Crippen LogP contribution in [0.15, 0.2) is 54.9 Å². The van der Waals surface area contributed by atoms with Crippen LogP contribution < -0.4 is 16.2 Å². The minimum atomic E-state index is -0.984. The van der Waals surface area contributed by atoms with Gasteiger partial charge in [0.25, 0.3) is 0 Å². The van der Waals surface area contributed by atoms with Gasteiger partial charge < -0.3 is 10.3 Å². The maximum absolute atomic E-state index is 14.0. The maximum atomic E-state index is 14.0. The molecule has 30 heavy (non-hydrogen) atoms. The van der Waals surface area contributed by atoms with Gasteiger partial charge in [0.15, 0.2) is 0 Å². The first-order chi connectivity index (χ1) is 14.7. The lowest BCUT2D eigenvalue weighted by molar-refractivity contribution is -0.122. The summed E-state index contributed by atoms with van der Waals surface area (Å²) in [6.07, 6.45) is 1.87. The molecule has 8 heteroatoms. The second-order valence-electron chi connectivity index (χ2n) is 7.57. The molecule has 2 aliphatic heterocycles. The highest BCUT2D eigenvalue weighted by atomic mass is 16.2. The van der Waals surface area contributed by atoms with Gasteiger partial charge in [-0.1, -0.05) is 30.3 Å². The highest BCUT2D eigenvalue weighted by Crippen LogP contribution is 2.53. The Labute approximate surface area is 172 Å². The van der Waals surface area contributed by atoms with Crippen molar-refractivity contribution in [2.75, 3.05) is 16.9 Å². The highest BCUT2D eigenvalue weighted by molar-refractivity contribution is 6.12. The van der Waals surface area contributed by atoms with Crippen molar-refractivity contribution in [2.24, 2.45) is 5.84 Å². The molecule has 4 aromatic rings. The number of amides is 1. The molecule has 2 aliphatic rings. The molecule has 148 valence electrons. The second kappa shape index (κ2) is 5.87. The van der Waals surface area contributed by atoms with Crippen LogP contribution in [0.1, 0.15) is 23.9 Å². The number of nitrogens with one attached hydrogen (secondary N) is 1. The van der Waals surface area contributed by atoms with E-state index in [1.165, 1.54) is 6.33 Å². The smallest absolute Gasteiger partial charge is 0.242 e. The standard InChI is InChI=1S/C22H19N7O/c1-2-28-15-9-5-3-7-13(15)22(21(28)30)11-17-26-14-8-4-6-10-16(14)29(17)20-18(22)19(27-23)24-12-25-20/h3-10,12H,2,11,23H2,1H3,(H,24,25,27). The molecule has 6 rings (SSSR count). The summed E-state index contributed by atoms with van der Waals surface area (Å²) in [4.78, 5) is 29.7. The number of rotatable bonds is 2. The second-order valence-corrected chi connectivity index (χ2v) is 7.57. The van der Waals surface area contributed by atoms with Crippen molar-refractivity contribution >= 4 is 28.4 Å². The van der Waals surface area contributed by atoms with E-state index in [2.05, 4.69) is 15.4 Å². The fourth-order valence-electron chi connectivity index (χ4n) is 5.06. The molecule has 0 bridgehead atoms. The quantitative estimate of drug-likeness (QED) is 0.398. The number of hydrogen-bond donors (Lipinski definition) is 2. The van der Waals surface area contributed by atoms with Crippen molar-refractivity contribution < 1.29 is 4.79 Å². The summed E-state index contributed by atoms with van der Waals surface area (Å²) < 4.78 is 2.02. The van der Waals surface area contributed by atoms with Crippen molar-refractivity contribution in [3.63, 3.8) is 0 Å². The van der Waals surface area contributed by atoms with Gasteiger partial charge in [0.2, 0.25) is 5.91 Å². The van der Waals surface area contributed by atoms with Gasteiger partial charge in [-0.2, -0.15) is 0 Å². The Balaban J connectivity index is 1.77. The Morgan fingerprint density at radius 3 is 2.77 bits per heavy atom. The summed E-state index contributed by atoms with van der Waals surface area (Å²) >= 11 is 0. The molecule has 0 saturated heterocycles. The summed E-state index contributed by atoms with van der Waals surface area (Å²) in [7, 11) is 0. The summed E-state index contributed by atoms with van der Waals surface area (Å²) in [6, 6.07) is 15.8. The highest BCUT2D eigenvalue weighted by Gasteiger charge is 2.57. The Kier molecular flexibility index (Phi) is 3.35. The molecule has 2 aromatic heterocycles. The molecular formula is C22H19N7O. The number of imidazole rings is 1. The minimum absolute atomic E-state index is 0.00273. The molecule has 1 amide bonds. The zero-order valence-electron chi connectivity index (χ0n) is 16.3. The third-order valence-electron chi connectivity index (χ3n) is 6.24. The first kappa shape index (κ1) is 17.1. The van der Waals surface area contributed by atoms with E-state index in [1.54, 1.807) is 0 Å². The monoisotopic (exact) mass is 397 g/mol. The van der Waals surface area contributed by atoms with E-state index in [0.29, 0.717) is 30.2 Å². The van der Waals surface area contributed by atoms with E-state index in [1.807, 2.05) is 64.9 Å². The molecule has 0 radical (unpaired) electrons. The van der Waals surface area contributed by atoms with Crippen LogP contribution in [-0.4, -0.2) is 32.0 Å². The van der Waals surface area contributed by atoms with Crippen molar-refractivity contribution in [2.45, 2.75) is 18.8 Å². The number of carbonyl (C=O) groups is 1. The SMILES string of the molecule is CCN1C(=O)C2(Cc3nc4ccccc4n3-c3ncnc(NN)c32)c2ccccc21. The number of benzene rings is 2.